The minimum Gasteiger partial charge on any atom is -0.494 e. The van der Waals surface area contributed by atoms with E-state index in [1.54, 1.807) is 7.11 Å². The zero-order valence-electron chi connectivity index (χ0n) is 22.7. The second kappa shape index (κ2) is 9.27. The second-order valence-corrected chi connectivity index (χ2v) is 12.7. The molecule has 0 saturated carbocycles. The predicted molar refractivity (Wildman–Crippen MR) is 158 cm³/mol. The van der Waals surface area contributed by atoms with Crippen LogP contribution >= 0.6 is 0 Å². The number of para-hydroxylation sites is 1. The number of aromatic amines is 1. The number of sulfonamides is 1. The summed E-state index contributed by atoms with van der Waals surface area (Å²) in [5.74, 6) is 1.66. The van der Waals surface area contributed by atoms with Crippen LogP contribution in [0.1, 0.15) is 12.0 Å². The van der Waals surface area contributed by atoms with Crippen molar-refractivity contribution in [2.75, 3.05) is 59.9 Å². The Kier molecular flexibility index (Phi) is 5.79. The summed E-state index contributed by atoms with van der Waals surface area (Å²) in [6.45, 7) is 2.53. The van der Waals surface area contributed by atoms with Crippen molar-refractivity contribution in [3.63, 3.8) is 0 Å². The molecule has 0 spiro atoms. The van der Waals surface area contributed by atoms with Crippen molar-refractivity contribution in [1.29, 1.82) is 0 Å². The van der Waals surface area contributed by atoms with Gasteiger partial charge in [0.2, 0.25) is 16.0 Å². The highest BCUT2D eigenvalue weighted by Crippen LogP contribution is 2.40. The number of ether oxygens (including phenoxy) is 1. The van der Waals surface area contributed by atoms with Crippen LogP contribution in [0.4, 0.5) is 34.5 Å². The van der Waals surface area contributed by atoms with Crippen LogP contribution in [-0.4, -0.2) is 80.4 Å². The van der Waals surface area contributed by atoms with E-state index in [4.69, 9.17) is 9.72 Å². The molecule has 7 rings (SSSR count). The molecule has 0 aliphatic carbocycles. The van der Waals surface area contributed by atoms with Crippen LogP contribution in [0.3, 0.4) is 0 Å². The van der Waals surface area contributed by atoms with E-state index in [1.165, 1.54) is 17.0 Å². The van der Waals surface area contributed by atoms with Gasteiger partial charge in [-0.25, -0.2) is 8.42 Å². The summed E-state index contributed by atoms with van der Waals surface area (Å²) in [6, 6.07) is 15.0. The highest BCUT2D eigenvalue weighted by atomic mass is 32.2. The van der Waals surface area contributed by atoms with Gasteiger partial charge in [-0.05, 0) is 49.7 Å². The lowest BCUT2D eigenvalue weighted by Crippen LogP contribution is -2.44. The number of benzene rings is 2. The normalized spacial score (nSPS) is 20.4. The molecule has 208 valence electrons. The van der Waals surface area contributed by atoms with Crippen molar-refractivity contribution >= 4 is 55.6 Å². The van der Waals surface area contributed by atoms with E-state index in [-0.39, 0.29) is 0 Å². The van der Waals surface area contributed by atoms with Gasteiger partial charge in [0.25, 0.3) is 0 Å². The summed E-state index contributed by atoms with van der Waals surface area (Å²) in [7, 11) is 0.455. The predicted octanol–water partition coefficient (Wildman–Crippen LogP) is 3.67. The van der Waals surface area contributed by atoms with Crippen LogP contribution in [0.15, 0.2) is 48.7 Å². The molecule has 3 N–H and O–H groups in total. The Morgan fingerprint density at radius 2 is 1.93 bits per heavy atom. The van der Waals surface area contributed by atoms with Crippen LogP contribution in [0.2, 0.25) is 0 Å². The number of aromatic nitrogens is 3. The molecule has 2 aromatic carbocycles. The Morgan fingerprint density at radius 1 is 1.05 bits per heavy atom. The lowest BCUT2D eigenvalue weighted by atomic mass is 10.1. The minimum atomic E-state index is -3.41. The third-order valence-electron chi connectivity index (χ3n) is 8.30. The zero-order chi connectivity index (χ0) is 27.6. The maximum absolute atomic E-state index is 12.5. The van der Waals surface area contributed by atoms with Crippen molar-refractivity contribution in [1.82, 2.24) is 19.9 Å². The van der Waals surface area contributed by atoms with E-state index in [0.717, 1.165) is 35.4 Å². The van der Waals surface area contributed by atoms with Gasteiger partial charge in [0.15, 0.2) is 0 Å². The van der Waals surface area contributed by atoms with Gasteiger partial charge in [-0.2, -0.15) is 9.97 Å². The number of hydrogen-bond acceptors (Lipinski definition) is 9. The van der Waals surface area contributed by atoms with E-state index in [1.807, 2.05) is 36.5 Å². The standard InChI is InChI=1S/C28H32N8O3S/c1-34-15-20-13-19(34)16-35(20)18-7-8-22(24(14-18)39-2)31-28-32-26-21(9-11-29-26)27(33-28)30-23-6-4-5-17-10-12-36(25(17)23)40(3,37)38/h4-9,11,14,19-20H,10,12-13,15-16H2,1-3H3,(H3,29,30,31,32,33)/t19-,20-/m0/s1. The number of nitrogens with one attached hydrogen (secondary N) is 3. The molecular weight excluding hydrogens is 528 g/mol. The summed E-state index contributed by atoms with van der Waals surface area (Å²) in [4.78, 5) is 17.6. The van der Waals surface area contributed by atoms with E-state index < -0.39 is 10.0 Å². The van der Waals surface area contributed by atoms with Gasteiger partial charge < -0.3 is 25.3 Å². The van der Waals surface area contributed by atoms with Crippen molar-refractivity contribution in [3.8, 4) is 5.75 Å². The summed E-state index contributed by atoms with van der Waals surface area (Å²) in [5, 5.41) is 7.53. The Hall–Kier alpha value is -4.03. The number of rotatable bonds is 7. The van der Waals surface area contributed by atoms with E-state index >= 15 is 0 Å². The lowest BCUT2D eigenvalue weighted by molar-refractivity contribution is 0.292. The van der Waals surface area contributed by atoms with Gasteiger partial charge >= 0.3 is 0 Å². The maximum Gasteiger partial charge on any atom is 0.232 e. The minimum absolute atomic E-state index is 0.387. The molecule has 3 aliphatic rings. The van der Waals surface area contributed by atoms with E-state index in [2.05, 4.69) is 49.6 Å². The number of likely N-dealkylation sites (tertiary alicyclic amines) is 1. The third kappa shape index (κ3) is 4.18. The summed E-state index contributed by atoms with van der Waals surface area (Å²) in [6.07, 6.45) is 4.91. The van der Waals surface area contributed by atoms with Gasteiger partial charge in [0, 0.05) is 49.7 Å². The topological polar surface area (TPSA) is 119 Å². The summed E-state index contributed by atoms with van der Waals surface area (Å²) in [5.41, 5.74) is 4.89. The van der Waals surface area contributed by atoms with Crippen LogP contribution in [0, 0.1) is 0 Å². The second-order valence-electron chi connectivity index (χ2n) is 10.8. The lowest BCUT2D eigenvalue weighted by Gasteiger charge is -2.34. The van der Waals surface area contributed by atoms with Crippen LogP contribution in [0.5, 0.6) is 5.75 Å². The highest BCUT2D eigenvalue weighted by molar-refractivity contribution is 7.92. The van der Waals surface area contributed by atoms with Crippen LogP contribution in [-0.2, 0) is 16.4 Å². The molecule has 5 heterocycles. The van der Waals surface area contributed by atoms with Crippen molar-refractivity contribution in [3.05, 3.63) is 54.2 Å². The van der Waals surface area contributed by atoms with Gasteiger partial charge in [0.05, 0.1) is 35.8 Å². The fourth-order valence-electron chi connectivity index (χ4n) is 6.34. The highest BCUT2D eigenvalue weighted by Gasteiger charge is 2.41. The fraction of sp³-hybridized carbons (Fsp3) is 0.357. The molecule has 11 nitrogen and oxygen atoms in total. The molecular formula is C28H32N8O3S. The number of likely N-dealkylation sites (N-methyl/N-ethyl adjacent to an activating group) is 1. The number of anilines is 6. The largest absolute Gasteiger partial charge is 0.494 e. The molecule has 0 amide bonds. The third-order valence-corrected chi connectivity index (χ3v) is 9.47. The first-order chi connectivity index (χ1) is 19.3. The molecule has 2 atom stereocenters. The molecule has 2 fully saturated rings. The number of nitrogens with zero attached hydrogens (tertiary/aromatic N) is 5. The maximum atomic E-state index is 12.5. The van der Waals surface area contributed by atoms with Crippen molar-refractivity contribution in [2.24, 2.45) is 0 Å². The van der Waals surface area contributed by atoms with Gasteiger partial charge in [0.1, 0.15) is 17.2 Å². The SMILES string of the molecule is COc1cc(N2C[C@@H]3C[C@H]2CN3C)ccc1Nc1nc(Nc2cccc3c2N(S(C)(=O)=O)CC3)c2cc[nH]c2n1. The summed E-state index contributed by atoms with van der Waals surface area (Å²) < 4.78 is 32.2. The van der Waals surface area contributed by atoms with Crippen molar-refractivity contribution < 1.29 is 13.2 Å². The first kappa shape index (κ1) is 25.0. The number of piperazine rings is 1. The fourth-order valence-corrected chi connectivity index (χ4v) is 7.31. The first-order valence-corrected chi connectivity index (χ1v) is 15.3. The number of fused-ring (bicyclic) bond motifs is 4. The average Bonchev–Trinajstić information content (AvgIpc) is 3.72. The smallest absolute Gasteiger partial charge is 0.232 e. The molecule has 4 aromatic rings. The monoisotopic (exact) mass is 560 g/mol. The average molecular weight is 561 g/mol. The van der Waals surface area contributed by atoms with Gasteiger partial charge in [-0.1, -0.05) is 12.1 Å². The molecule has 12 heteroatoms. The molecule has 40 heavy (non-hydrogen) atoms. The zero-order valence-corrected chi connectivity index (χ0v) is 23.5. The Balaban J connectivity index is 1.20. The first-order valence-electron chi connectivity index (χ1n) is 13.4. The van der Waals surface area contributed by atoms with Gasteiger partial charge in [-0.3, -0.25) is 9.21 Å². The van der Waals surface area contributed by atoms with Crippen LogP contribution in [0.25, 0.3) is 11.0 Å². The Bertz CT molecular complexity index is 1720. The Morgan fingerprint density at radius 3 is 2.67 bits per heavy atom. The number of H-pyrrole nitrogens is 1. The molecule has 2 bridgehead atoms. The van der Waals surface area contributed by atoms with E-state index in [0.29, 0.717) is 59.6 Å². The molecule has 3 aliphatic heterocycles. The van der Waals surface area contributed by atoms with Crippen LogP contribution < -0.4 is 24.6 Å². The van der Waals surface area contributed by atoms with Crippen molar-refractivity contribution in [2.45, 2.75) is 24.9 Å². The quantitative estimate of drug-likeness (QED) is 0.311. The molecule has 0 unspecified atom stereocenters. The molecule has 2 saturated heterocycles. The number of hydrogen-bond donors (Lipinski definition) is 3. The number of methoxy groups -OCH3 is 1. The molecule has 0 radical (unpaired) electrons. The molecule has 2 aromatic heterocycles. The summed E-state index contributed by atoms with van der Waals surface area (Å²) >= 11 is 0. The van der Waals surface area contributed by atoms with E-state index in [9.17, 15) is 8.42 Å². The Labute approximate surface area is 233 Å². The van der Waals surface area contributed by atoms with Gasteiger partial charge in [-0.15, -0.1) is 0 Å².